The van der Waals surface area contributed by atoms with Gasteiger partial charge < -0.3 is 10.4 Å². The lowest BCUT2D eigenvalue weighted by Gasteiger charge is -2.15. The molecule has 1 rings (SSSR count). The molecule has 0 spiro atoms. The summed E-state index contributed by atoms with van der Waals surface area (Å²) >= 11 is 1.74. The SMILES string of the molecule is Cc1nc(C(C)NCC(C)CO)c(C)s1. The summed E-state index contributed by atoms with van der Waals surface area (Å²) in [6, 6.07) is 0.268. The fourth-order valence-electron chi connectivity index (χ4n) is 1.49. The van der Waals surface area contributed by atoms with Crippen LogP contribution in [-0.4, -0.2) is 23.2 Å². The van der Waals surface area contributed by atoms with E-state index in [1.165, 1.54) is 4.88 Å². The summed E-state index contributed by atoms with van der Waals surface area (Å²) in [6.45, 7) is 9.34. The second kappa shape index (κ2) is 5.58. The van der Waals surface area contributed by atoms with Crippen molar-refractivity contribution in [3.63, 3.8) is 0 Å². The second-order valence-electron chi connectivity index (χ2n) is 4.09. The van der Waals surface area contributed by atoms with Crippen LogP contribution in [0.2, 0.25) is 0 Å². The number of nitrogens with one attached hydrogen (secondary N) is 1. The van der Waals surface area contributed by atoms with Crippen molar-refractivity contribution >= 4 is 11.3 Å². The Bertz CT molecular complexity index is 312. The molecular formula is C11H20N2OS. The molecule has 0 saturated carbocycles. The number of aliphatic hydroxyl groups is 1. The Balaban J connectivity index is 2.53. The Kier molecular flexibility index (Phi) is 4.70. The second-order valence-corrected chi connectivity index (χ2v) is 5.50. The van der Waals surface area contributed by atoms with Gasteiger partial charge in [0, 0.05) is 24.1 Å². The van der Waals surface area contributed by atoms with Gasteiger partial charge in [-0.15, -0.1) is 11.3 Å². The van der Waals surface area contributed by atoms with Gasteiger partial charge in [-0.3, -0.25) is 0 Å². The molecule has 0 saturated heterocycles. The smallest absolute Gasteiger partial charge is 0.0900 e. The standard InChI is InChI=1S/C11H20N2OS/c1-7(6-14)5-12-8(2)11-9(3)15-10(4)13-11/h7-8,12,14H,5-6H2,1-4H3. The first-order valence-electron chi connectivity index (χ1n) is 5.32. The van der Waals surface area contributed by atoms with Gasteiger partial charge in [0.1, 0.15) is 0 Å². The number of aromatic nitrogens is 1. The molecule has 0 bridgehead atoms. The highest BCUT2D eigenvalue weighted by Crippen LogP contribution is 2.22. The van der Waals surface area contributed by atoms with E-state index in [2.05, 4.69) is 24.1 Å². The lowest BCUT2D eigenvalue weighted by atomic mass is 10.1. The summed E-state index contributed by atoms with van der Waals surface area (Å²) in [6.07, 6.45) is 0. The molecule has 2 N–H and O–H groups in total. The average Bonchev–Trinajstić information content (AvgIpc) is 2.53. The van der Waals surface area contributed by atoms with Gasteiger partial charge in [-0.25, -0.2) is 4.98 Å². The van der Waals surface area contributed by atoms with Crippen molar-refractivity contribution in [2.24, 2.45) is 5.92 Å². The summed E-state index contributed by atoms with van der Waals surface area (Å²) in [5.74, 6) is 0.299. The van der Waals surface area contributed by atoms with Crippen LogP contribution >= 0.6 is 11.3 Å². The third-order valence-corrected chi connectivity index (χ3v) is 3.34. The van der Waals surface area contributed by atoms with Crippen LogP contribution in [-0.2, 0) is 0 Å². The Morgan fingerprint density at radius 2 is 2.07 bits per heavy atom. The quantitative estimate of drug-likeness (QED) is 0.810. The van der Waals surface area contributed by atoms with E-state index in [0.717, 1.165) is 17.2 Å². The van der Waals surface area contributed by atoms with Crippen molar-refractivity contribution in [1.82, 2.24) is 10.3 Å². The van der Waals surface area contributed by atoms with Gasteiger partial charge in [-0.2, -0.15) is 0 Å². The van der Waals surface area contributed by atoms with Gasteiger partial charge in [-0.1, -0.05) is 6.92 Å². The molecular weight excluding hydrogens is 208 g/mol. The Labute approximate surface area is 95.6 Å². The topological polar surface area (TPSA) is 45.2 Å². The Morgan fingerprint density at radius 3 is 2.53 bits per heavy atom. The molecule has 0 aliphatic rings. The zero-order valence-corrected chi connectivity index (χ0v) is 10.7. The number of aryl methyl sites for hydroxylation is 2. The molecule has 0 fully saturated rings. The Morgan fingerprint density at radius 1 is 1.40 bits per heavy atom. The summed E-state index contributed by atoms with van der Waals surface area (Å²) < 4.78 is 0. The van der Waals surface area contributed by atoms with Gasteiger partial charge in [0.2, 0.25) is 0 Å². The molecule has 0 radical (unpaired) electrons. The van der Waals surface area contributed by atoms with Crippen LogP contribution < -0.4 is 5.32 Å². The van der Waals surface area contributed by atoms with Crippen molar-refractivity contribution in [3.8, 4) is 0 Å². The van der Waals surface area contributed by atoms with Gasteiger partial charge in [0.25, 0.3) is 0 Å². The number of aliphatic hydroxyl groups excluding tert-OH is 1. The summed E-state index contributed by atoms with van der Waals surface area (Å²) in [5.41, 5.74) is 1.14. The summed E-state index contributed by atoms with van der Waals surface area (Å²) in [7, 11) is 0. The molecule has 1 heterocycles. The van der Waals surface area contributed by atoms with E-state index in [0.29, 0.717) is 5.92 Å². The molecule has 0 aliphatic heterocycles. The lowest BCUT2D eigenvalue weighted by Crippen LogP contribution is -2.26. The van der Waals surface area contributed by atoms with E-state index in [1.807, 2.05) is 13.8 Å². The van der Waals surface area contributed by atoms with E-state index in [1.54, 1.807) is 11.3 Å². The number of rotatable bonds is 5. The monoisotopic (exact) mass is 228 g/mol. The van der Waals surface area contributed by atoms with E-state index in [9.17, 15) is 0 Å². The van der Waals surface area contributed by atoms with E-state index >= 15 is 0 Å². The van der Waals surface area contributed by atoms with Crippen LogP contribution in [0.5, 0.6) is 0 Å². The van der Waals surface area contributed by atoms with Gasteiger partial charge in [-0.05, 0) is 26.7 Å². The van der Waals surface area contributed by atoms with E-state index < -0.39 is 0 Å². The van der Waals surface area contributed by atoms with Crippen molar-refractivity contribution in [1.29, 1.82) is 0 Å². The fourth-order valence-corrected chi connectivity index (χ4v) is 2.40. The van der Waals surface area contributed by atoms with Crippen molar-refractivity contribution < 1.29 is 5.11 Å². The number of hydrogen-bond acceptors (Lipinski definition) is 4. The van der Waals surface area contributed by atoms with Gasteiger partial charge in [0.15, 0.2) is 0 Å². The molecule has 0 aliphatic carbocycles. The van der Waals surface area contributed by atoms with Crippen molar-refractivity contribution in [2.45, 2.75) is 33.7 Å². The maximum Gasteiger partial charge on any atom is 0.0900 e. The zero-order chi connectivity index (χ0) is 11.4. The highest BCUT2D eigenvalue weighted by molar-refractivity contribution is 7.11. The van der Waals surface area contributed by atoms with Crippen LogP contribution in [0.3, 0.4) is 0 Å². The number of thiazole rings is 1. The minimum atomic E-state index is 0.231. The zero-order valence-electron chi connectivity index (χ0n) is 9.87. The maximum absolute atomic E-state index is 8.92. The Hall–Kier alpha value is -0.450. The minimum absolute atomic E-state index is 0.231. The number of hydrogen-bond donors (Lipinski definition) is 2. The average molecular weight is 228 g/mol. The highest BCUT2D eigenvalue weighted by atomic mass is 32.1. The third-order valence-electron chi connectivity index (χ3n) is 2.43. The molecule has 3 nitrogen and oxygen atoms in total. The summed E-state index contributed by atoms with van der Waals surface area (Å²) in [4.78, 5) is 5.79. The molecule has 15 heavy (non-hydrogen) atoms. The summed E-state index contributed by atoms with van der Waals surface area (Å²) in [5, 5.41) is 13.4. The van der Waals surface area contributed by atoms with Crippen molar-refractivity contribution in [2.75, 3.05) is 13.2 Å². The maximum atomic E-state index is 8.92. The van der Waals surface area contributed by atoms with Crippen LogP contribution in [0.25, 0.3) is 0 Å². The predicted molar refractivity (Wildman–Crippen MR) is 64.3 cm³/mol. The molecule has 0 amide bonds. The van der Waals surface area contributed by atoms with Crippen LogP contribution in [0.1, 0.15) is 35.5 Å². The molecule has 2 atom stereocenters. The van der Waals surface area contributed by atoms with Gasteiger partial charge in [0.05, 0.1) is 10.7 Å². The number of nitrogens with zero attached hydrogens (tertiary/aromatic N) is 1. The molecule has 1 aromatic heterocycles. The van der Waals surface area contributed by atoms with Crippen molar-refractivity contribution in [3.05, 3.63) is 15.6 Å². The van der Waals surface area contributed by atoms with Crippen LogP contribution in [0.15, 0.2) is 0 Å². The third kappa shape index (κ3) is 3.55. The largest absolute Gasteiger partial charge is 0.396 e. The normalized spacial score (nSPS) is 15.3. The lowest BCUT2D eigenvalue weighted by molar-refractivity contribution is 0.230. The molecule has 86 valence electrons. The minimum Gasteiger partial charge on any atom is -0.396 e. The van der Waals surface area contributed by atoms with Crippen LogP contribution in [0.4, 0.5) is 0 Å². The first kappa shape index (κ1) is 12.6. The first-order valence-corrected chi connectivity index (χ1v) is 6.14. The van der Waals surface area contributed by atoms with E-state index in [-0.39, 0.29) is 12.6 Å². The first-order chi connectivity index (χ1) is 7.04. The fraction of sp³-hybridized carbons (Fsp3) is 0.727. The van der Waals surface area contributed by atoms with E-state index in [4.69, 9.17) is 5.11 Å². The molecule has 2 unspecified atom stereocenters. The molecule has 4 heteroatoms. The molecule has 1 aromatic rings. The highest BCUT2D eigenvalue weighted by Gasteiger charge is 2.13. The van der Waals surface area contributed by atoms with Crippen LogP contribution in [0, 0.1) is 19.8 Å². The van der Waals surface area contributed by atoms with Gasteiger partial charge >= 0.3 is 0 Å². The predicted octanol–water partition coefficient (Wildman–Crippen LogP) is 2.04. The molecule has 0 aromatic carbocycles.